The second-order valence-electron chi connectivity index (χ2n) is 1.15. The van der Waals surface area contributed by atoms with Gasteiger partial charge in [-0.3, -0.25) is 0 Å². The number of halogens is 3. The average Bonchev–Trinajstić information content (AvgIpc) is 1.65. The standard InChI is InChI=1S/C4H5F3/c1-3(2-5)4(6)7/h2,4H,1H3/b3-2+. The molecule has 0 unspecified atom stereocenters. The van der Waals surface area contributed by atoms with Crippen molar-refractivity contribution in [1.29, 1.82) is 0 Å². The highest BCUT2D eigenvalue weighted by Crippen LogP contribution is 2.05. The molecule has 0 rings (SSSR count). The van der Waals surface area contributed by atoms with E-state index in [-0.39, 0.29) is 6.33 Å². The van der Waals surface area contributed by atoms with Crippen molar-refractivity contribution >= 4 is 0 Å². The lowest BCUT2D eigenvalue weighted by molar-refractivity contribution is 0.187. The highest BCUT2D eigenvalue weighted by Gasteiger charge is 2.02. The number of rotatable bonds is 1. The summed E-state index contributed by atoms with van der Waals surface area (Å²) in [6, 6.07) is 0. The van der Waals surface area contributed by atoms with Crippen molar-refractivity contribution in [3.8, 4) is 0 Å². The Labute approximate surface area is 39.6 Å². The first kappa shape index (κ1) is 6.53. The van der Waals surface area contributed by atoms with Crippen LogP contribution < -0.4 is 0 Å². The number of hydrogen-bond acceptors (Lipinski definition) is 0. The summed E-state index contributed by atoms with van der Waals surface area (Å²) in [7, 11) is 0. The minimum Gasteiger partial charge on any atom is -0.215 e. The third kappa shape index (κ3) is 2.25. The predicted octanol–water partition coefficient (Wildman–Crippen LogP) is 2.12. The summed E-state index contributed by atoms with van der Waals surface area (Å²) < 4.78 is 33.2. The van der Waals surface area contributed by atoms with Gasteiger partial charge in [0, 0.05) is 5.57 Å². The monoisotopic (exact) mass is 110 g/mol. The van der Waals surface area contributed by atoms with Gasteiger partial charge in [-0.1, -0.05) is 0 Å². The summed E-state index contributed by atoms with van der Waals surface area (Å²) in [5.74, 6) is 0. The van der Waals surface area contributed by atoms with E-state index in [2.05, 4.69) is 0 Å². The van der Waals surface area contributed by atoms with Crippen molar-refractivity contribution in [2.24, 2.45) is 0 Å². The Balaban J connectivity index is 3.56. The maximum Gasteiger partial charge on any atom is 0.262 e. The Morgan fingerprint density at radius 1 is 1.57 bits per heavy atom. The fourth-order valence-corrected chi connectivity index (χ4v) is 0.0476. The highest BCUT2D eigenvalue weighted by molar-refractivity contribution is 4.94. The number of hydrogen-bond donors (Lipinski definition) is 0. The fourth-order valence-electron chi connectivity index (χ4n) is 0.0476. The van der Waals surface area contributed by atoms with Gasteiger partial charge in [-0.05, 0) is 6.92 Å². The molecule has 0 saturated carbocycles. The molecule has 0 spiro atoms. The lowest BCUT2D eigenvalue weighted by Crippen LogP contribution is -1.88. The highest BCUT2D eigenvalue weighted by atomic mass is 19.3. The average molecular weight is 110 g/mol. The molecule has 0 bridgehead atoms. The Kier molecular flexibility index (Phi) is 2.48. The fraction of sp³-hybridized carbons (Fsp3) is 0.500. The van der Waals surface area contributed by atoms with Gasteiger partial charge in [0.05, 0.1) is 6.33 Å². The van der Waals surface area contributed by atoms with Gasteiger partial charge in [0.15, 0.2) is 0 Å². The summed E-state index contributed by atoms with van der Waals surface area (Å²) >= 11 is 0. The van der Waals surface area contributed by atoms with E-state index >= 15 is 0 Å². The molecule has 0 aromatic carbocycles. The van der Waals surface area contributed by atoms with Gasteiger partial charge < -0.3 is 0 Å². The number of allylic oxidation sites excluding steroid dienone is 1. The molecule has 7 heavy (non-hydrogen) atoms. The zero-order valence-electron chi connectivity index (χ0n) is 3.79. The molecule has 0 radical (unpaired) electrons. The summed E-state index contributed by atoms with van der Waals surface area (Å²) in [5.41, 5.74) is -0.528. The first-order valence-corrected chi connectivity index (χ1v) is 1.73. The maximum atomic E-state index is 11.1. The zero-order valence-corrected chi connectivity index (χ0v) is 3.79. The van der Waals surface area contributed by atoms with Crippen LogP contribution in [-0.2, 0) is 0 Å². The van der Waals surface area contributed by atoms with Gasteiger partial charge in [-0.15, -0.1) is 0 Å². The molecular formula is C4H5F3. The molecule has 3 heteroatoms. The molecule has 0 saturated heterocycles. The van der Waals surface area contributed by atoms with Crippen LogP contribution in [0.1, 0.15) is 6.92 Å². The Morgan fingerprint density at radius 2 is 2.00 bits per heavy atom. The molecule has 0 aliphatic carbocycles. The molecule has 42 valence electrons. The summed E-state index contributed by atoms with van der Waals surface area (Å²) in [6.45, 7) is 1.03. The summed E-state index contributed by atoms with van der Waals surface area (Å²) in [5, 5.41) is 0. The van der Waals surface area contributed by atoms with E-state index in [1.807, 2.05) is 0 Å². The first-order valence-electron chi connectivity index (χ1n) is 1.73. The van der Waals surface area contributed by atoms with Crippen LogP contribution in [0.2, 0.25) is 0 Å². The van der Waals surface area contributed by atoms with Gasteiger partial charge in [0.25, 0.3) is 6.43 Å². The quantitative estimate of drug-likeness (QED) is 0.485. The van der Waals surface area contributed by atoms with Crippen LogP contribution in [-0.4, -0.2) is 6.43 Å². The van der Waals surface area contributed by atoms with Gasteiger partial charge >= 0.3 is 0 Å². The largest absolute Gasteiger partial charge is 0.262 e. The van der Waals surface area contributed by atoms with E-state index < -0.39 is 12.0 Å². The predicted molar refractivity (Wildman–Crippen MR) is 20.9 cm³/mol. The summed E-state index contributed by atoms with van der Waals surface area (Å²) in [6.07, 6.45) is -2.74. The van der Waals surface area contributed by atoms with Crippen molar-refractivity contribution < 1.29 is 13.2 Å². The van der Waals surface area contributed by atoms with E-state index in [4.69, 9.17) is 0 Å². The molecule has 0 atom stereocenters. The summed E-state index contributed by atoms with van der Waals surface area (Å²) in [4.78, 5) is 0. The topological polar surface area (TPSA) is 0 Å². The van der Waals surface area contributed by atoms with Crippen molar-refractivity contribution in [2.45, 2.75) is 13.3 Å². The van der Waals surface area contributed by atoms with Gasteiger partial charge in [-0.2, -0.15) is 0 Å². The van der Waals surface area contributed by atoms with E-state index in [1.165, 1.54) is 0 Å². The zero-order chi connectivity index (χ0) is 5.86. The van der Waals surface area contributed by atoms with Crippen LogP contribution in [0.3, 0.4) is 0 Å². The SMILES string of the molecule is C/C(=C\F)C(F)F. The minimum atomic E-state index is -2.65. The van der Waals surface area contributed by atoms with Crippen LogP contribution in [0.15, 0.2) is 11.9 Å². The van der Waals surface area contributed by atoms with Crippen LogP contribution >= 0.6 is 0 Å². The Bertz CT molecular complexity index is 75.0. The molecule has 0 aliphatic heterocycles. The normalized spacial score (nSPS) is 13.0. The van der Waals surface area contributed by atoms with Gasteiger partial charge in [0.2, 0.25) is 0 Å². The molecule has 0 aliphatic rings. The lowest BCUT2D eigenvalue weighted by Gasteiger charge is -1.90. The first-order chi connectivity index (χ1) is 3.18. The van der Waals surface area contributed by atoms with Crippen LogP contribution in [0.4, 0.5) is 13.2 Å². The van der Waals surface area contributed by atoms with Crippen LogP contribution in [0, 0.1) is 0 Å². The second-order valence-corrected chi connectivity index (χ2v) is 1.15. The van der Waals surface area contributed by atoms with Crippen LogP contribution in [0.5, 0.6) is 0 Å². The molecule has 0 nitrogen and oxygen atoms in total. The van der Waals surface area contributed by atoms with Crippen molar-refractivity contribution in [2.75, 3.05) is 0 Å². The molecule has 0 aromatic heterocycles. The van der Waals surface area contributed by atoms with Gasteiger partial charge in [-0.25, -0.2) is 13.2 Å². The minimum absolute atomic E-state index is 0.0926. The van der Waals surface area contributed by atoms with E-state index in [1.54, 1.807) is 0 Å². The van der Waals surface area contributed by atoms with Crippen molar-refractivity contribution in [3.63, 3.8) is 0 Å². The lowest BCUT2D eigenvalue weighted by atomic mass is 10.4. The third-order valence-corrected chi connectivity index (χ3v) is 0.516. The molecule has 0 heterocycles. The maximum absolute atomic E-state index is 11.1. The Hall–Kier alpha value is -0.470. The molecule has 0 amide bonds. The van der Waals surface area contributed by atoms with E-state index in [0.717, 1.165) is 6.92 Å². The molecule has 0 aromatic rings. The van der Waals surface area contributed by atoms with Crippen molar-refractivity contribution in [1.82, 2.24) is 0 Å². The smallest absolute Gasteiger partial charge is 0.215 e. The number of alkyl halides is 2. The van der Waals surface area contributed by atoms with E-state index in [0.29, 0.717) is 0 Å². The third-order valence-electron chi connectivity index (χ3n) is 0.516. The molecule has 0 N–H and O–H groups in total. The van der Waals surface area contributed by atoms with Crippen molar-refractivity contribution in [3.05, 3.63) is 11.9 Å². The second kappa shape index (κ2) is 2.66. The van der Waals surface area contributed by atoms with Gasteiger partial charge in [0.1, 0.15) is 0 Å². The van der Waals surface area contributed by atoms with Crippen LogP contribution in [0.25, 0.3) is 0 Å². The molecule has 0 fully saturated rings. The molecular weight excluding hydrogens is 105 g/mol. The Morgan fingerprint density at radius 3 is 2.00 bits per heavy atom. The van der Waals surface area contributed by atoms with E-state index in [9.17, 15) is 13.2 Å².